The molecule has 13 nitrogen and oxygen atoms in total. The van der Waals surface area contributed by atoms with E-state index in [1.165, 1.54) is 13.1 Å². The topological polar surface area (TPSA) is 183 Å². The van der Waals surface area contributed by atoms with Crippen molar-refractivity contribution in [3.05, 3.63) is 82.3 Å². The van der Waals surface area contributed by atoms with Crippen LogP contribution in [0.1, 0.15) is 57.6 Å². The van der Waals surface area contributed by atoms with Gasteiger partial charge in [-0.2, -0.15) is 0 Å². The molecule has 52 heavy (non-hydrogen) atoms. The van der Waals surface area contributed by atoms with Gasteiger partial charge in [-0.25, -0.2) is 18.0 Å². The number of hydrogen-bond acceptors (Lipinski definition) is 7. The van der Waals surface area contributed by atoms with Gasteiger partial charge in [0.05, 0.1) is 15.9 Å². The number of amides is 3. The van der Waals surface area contributed by atoms with Crippen LogP contribution in [0.5, 0.6) is 0 Å². The molecule has 1 saturated carbocycles. The molecule has 1 heterocycles. The van der Waals surface area contributed by atoms with Crippen molar-refractivity contribution in [3.8, 4) is 11.1 Å². The maximum absolute atomic E-state index is 13.8. The SMILES string of the molecule is Cc1cc(S(=O)(=O)N(C)Cl)ccc1-c1ccc(C[C@H](NC(=O)C2CCC(CNC(=O)OC(C)(C)C)CC2)C(=O)Nc2ccc3[nH]c(=O)[nH]c3c2)cc1. The van der Waals surface area contributed by atoms with Crippen LogP contribution in [0.15, 0.2) is 70.4 Å². The van der Waals surface area contributed by atoms with Gasteiger partial charge < -0.3 is 30.7 Å². The Labute approximate surface area is 308 Å². The lowest BCUT2D eigenvalue weighted by molar-refractivity contribution is -0.130. The highest BCUT2D eigenvalue weighted by Gasteiger charge is 2.30. The van der Waals surface area contributed by atoms with E-state index in [9.17, 15) is 27.6 Å². The number of benzene rings is 3. The molecule has 3 aromatic carbocycles. The molecular weight excluding hydrogens is 708 g/mol. The predicted molar refractivity (Wildman–Crippen MR) is 200 cm³/mol. The van der Waals surface area contributed by atoms with Gasteiger partial charge in [0.25, 0.3) is 10.0 Å². The van der Waals surface area contributed by atoms with E-state index in [0.29, 0.717) is 39.9 Å². The van der Waals surface area contributed by atoms with Crippen molar-refractivity contribution in [1.82, 2.24) is 24.4 Å². The fourth-order valence-electron chi connectivity index (χ4n) is 6.33. The zero-order chi connectivity index (χ0) is 37.8. The first kappa shape index (κ1) is 38.6. The van der Waals surface area contributed by atoms with Crippen LogP contribution in [0, 0.1) is 18.8 Å². The molecule has 1 aliphatic rings. The van der Waals surface area contributed by atoms with Crippen molar-refractivity contribution >= 4 is 56.4 Å². The van der Waals surface area contributed by atoms with Crippen molar-refractivity contribution < 1.29 is 27.5 Å². The molecule has 0 unspecified atom stereocenters. The summed E-state index contributed by atoms with van der Waals surface area (Å²) in [4.78, 5) is 56.6. The molecule has 1 fully saturated rings. The van der Waals surface area contributed by atoms with E-state index < -0.39 is 33.7 Å². The first-order valence-corrected chi connectivity index (χ1v) is 18.9. The van der Waals surface area contributed by atoms with Crippen LogP contribution >= 0.6 is 11.8 Å². The molecular formula is C37H45ClN6O7S. The van der Waals surface area contributed by atoms with Crippen molar-refractivity contribution in [2.45, 2.75) is 76.3 Å². The Balaban J connectivity index is 1.28. The minimum absolute atomic E-state index is 0.0837. The number of aromatic amines is 2. The maximum atomic E-state index is 13.8. The number of carbonyl (C=O) groups is 3. The van der Waals surface area contributed by atoms with Crippen LogP contribution in [0.25, 0.3) is 22.2 Å². The minimum Gasteiger partial charge on any atom is -0.444 e. The Hall–Kier alpha value is -4.66. The van der Waals surface area contributed by atoms with Crippen molar-refractivity contribution in [2.75, 3.05) is 18.9 Å². The monoisotopic (exact) mass is 752 g/mol. The third-order valence-electron chi connectivity index (χ3n) is 9.10. The average Bonchev–Trinajstić information content (AvgIpc) is 3.46. The molecule has 15 heteroatoms. The summed E-state index contributed by atoms with van der Waals surface area (Å²) in [6, 6.07) is 16.4. The summed E-state index contributed by atoms with van der Waals surface area (Å²) in [5.74, 6) is -0.698. The molecule has 278 valence electrons. The van der Waals surface area contributed by atoms with Gasteiger partial charge in [-0.1, -0.05) is 30.3 Å². The minimum atomic E-state index is -3.80. The van der Waals surface area contributed by atoms with E-state index in [2.05, 4.69) is 25.9 Å². The number of alkyl carbamates (subject to hydrolysis) is 1. The zero-order valence-electron chi connectivity index (χ0n) is 29.8. The van der Waals surface area contributed by atoms with Gasteiger partial charge in [-0.05, 0) is 124 Å². The standard InChI is InChI=1S/C37H45ClN6O7S/c1-22-18-28(52(49,50)44(5)38)15-16-29(22)25-10-6-23(7-11-25)19-32(34(46)40-27-14-17-30-31(20-27)43-35(47)42-30)41-33(45)26-12-8-24(9-13-26)21-39-36(48)51-37(2,3)4/h6-7,10-11,14-18,20,24,26,32H,8-9,12-13,19,21H2,1-5H3,(H,39,48)(H,40,46)(H,41,45)(H2,42,43,47)/t24?,26?,32-/m0/s1. The van der Waals surface area contributed by atoms with Crippen LogP contribution < -0.4 is 21.6 Å². The number of sulfonamides is 1. The van der Waals surface area contributed by atoms with Gasteiger partial charge in [0.1, 0.15) is 11.6 Å². The molecule has 4 aromatic rings. The van der Waals surface area contributed by atoms with Gasteiger partial charge in [-0.3, -0.25) is 9.59 Å². The highest BCUT2D eigenvalue weighted by atomic mass is 35.5. The van der Waals surface area contributed by atoms with Crippen LogP contribution in [-0.4, -0.2) is 65.4 Å². The number of anilines is 1. The second-order valence-electron chi connectivity index (χ2n) is 14.3. The number of aryl methyl sites for hydroxylation is 1. The maximum Gasteiger partial charge on any atom is 0.407 e. The number of nitrogens with zero attached hydrogens (tertiary/aromatic N) is 1. The average molecular weight is 753 g/mol. The number of halogens is 1. The third kappa shape index (κ3) is 9.81. The summed E-state index contributed by atoms with van der Waals surface area (Å²) in [5.41, 5.74) is 3.87. The summed E-state index contributed by atoms with van der Waals surface area (Å²) >= 11 is 5.74. The molecule has 0 radical (unpaired) electrons. The summed E-state index contributed by atoms with van der Waals surface area (Å²) in [6.45, 7) is 7.71. The number of nitrogens with one attached hydrogen (secondary N) is 5. The number of carbonyl (C=O) groups excluding carboxylic acids is 3. The smallest absolute Gasteiger partial charge is 0.407 e. The summed E-state index contributed by atoms with van der Waals surface area (Å²) in [6.07, 6.45) is 2.47. The third-order valence-corrected chi connectivity index (χ3v) is 11.2. The second-order valence-corrected chi connectivity index (χ2v) is 16.9. The van der Waals surface area contributed by atoms with Crippen LogP contribution in [0.2, 0.25) is 0 Å². The Morgan fingerprint density at radius 3 is 2.27 bits per heavy atom. The highest BCUT2D eigenvalue weighted by molar-refractivity contribution is 7.90. The molecule has 0 saturated heterocycles. The molecule has 1 aromatic heterocycles. The molecule has 0 spiro atoms. The summed E-state index contributed by atoms with van der Waals surface area (Å²) < 4.78 is 31.0. The number of fused-ring (bicyclic) bond motifs is 1. The van der Waals surface area contributed by atoms with Gasteiger partial charge in [0.15, 0.2) is 0 Å². The first-order valence-electron chi connectivity index (χ1n) is 17.1. The predicted octanol–water partition coefficient (Wildman–Crippen LogP) is 5.60. The van der Waals surface area contributed by atoms with Gasteiger partial charge in [-0.15, -0.1) is 3.82 Å². The van der Waals surface area contributed by atoms with E-state index in [-0.39, 0.29) is 34.7 Å². The van der Waals surface area contributed by atoms with Crippen LogP contribution in [0.3, 0.4) is 0 Å². The number of H-pyrrole nitrogens is 2. The summed E-state index contributed by atoms with van der Waals surface area (Å²) in [5, 5.41) is 8.71. The second kappa shape index (κ2) is 15.9. The molecule has 5 N–H and O–H groups in total. The molecule has 5 rings (SSSR count). The Bertz CT molecular complexity index is 2100. The van der Waals surface area contributed by atoms with Gasteiger partial charge >= 0.3 is 11.8 Å². The molecule has 1 aliphatic carbocycles. The van der Waals surface area contributed by atoms with E-state index in [1.54, 1.807) is 30.3 Å². The van der Waals surface area contributed by atoms with E-state index in [1.807, 2.05) is 52.0 Å². The number of imidazole rings is 1. The number of ether oxygens (including phenoxy) is 1. The molecule has 0 bridgehead atoms. The quantitative estimate of drug-likeness (QED) is 0.124. The lowest BCUT2D eigenvalue weighted by Crippen LogP contribution is -2.48. The number of aromatic nitrogens is 2. The van der Waals surface area contributed by atoms with Gasteiger partial charge in [0, 0.05) is 31.6 Å². The molecule has 0 aliphatic heterocycles. The fourth-order valence-corrected chi connectivity index (χ4v) is 7.43. The first-order chi connectivity index (χ1) is 24.5. The van der Waals surface area contributed by atoms with Crippen LogP contribution in [-0.2, 0) is 30.8 Å². The Kier molecular flexibility index (Phi) is 11.8. The molecule has 3 amide bonds. The van der Waals surface area contributed by atoms with E-state index in [4.69, 9.17) is 16.5 Å². The van der Waals surface area contributed by atoms with E-state index >= 15 is 0 Å². The van der Waals surface area contributed by atoms with Crippen molar-refractivity contribution in [3.63, 3.8) is 0 Å². The van der Waals surface area contributed by atoms with Crippen LogP contribution in [0.4, 0.5) is 10.5 Å². The lowest BCUT2D eigenvalue weighted by atomic mass is 9.81. The Morgan fingerprint density at radius 2 is 1.63 bits per heavy atom. The zero-order valence-corrected chi connectivity index (χ0v) is 31.4. The van der Waals surface area contributed by atoms with Gasteiger partial charge in [0.2, 0.25) is 11.8 Å². The number of hydrogen-bond donors (Lipinski definition) is 5. The normalized spacial score (nSPS) is 17.1. The lowest BCUT2D eigenvalue weighted by Gasteiger charge is -2.29. The largest absolute Gasteiger partial charge is 0.444 e. The highest BCUT2D eigenvalue weighted by Crippen LogP contribution is 2.30. The summed E-state index contributed by atoms with van der Waals surface area (Å²) in [7, 11) is -2.54. The van der Waals surface area contributed by atoms with Crippen molar-refractivity contribution in [1.29, 1.82) is 0 Å². The Morgan fingerprint density at radius 1 is 0.962 bits per heavy atom. The number of rotatable bonds is 11. The fraction of sp³-hybridized carbons (Fsp3) is 0.405. The van der Waals surface area contributed by atoms with Crippen molar-refractivity contribution in [2.24, 2.45) is 11.8 Å². The van der Waals surface area contributed by atoms with E-state index in [0.717, 1.165) is 35.1 Å². The molecule has 1 atom stereocenters.